The molecule has 0 aliphatic carbocycles. The van der Waals surface area contributed by atoms with Gasteiger partial charge in [0.15, 0.2) is 0 Å². The maximum atomic E-state index is 12.8. The Balaban J connectivity index is 2.83. The maximum absolute atomic E-state index is 12.8. The van der Waals surface area contributed by atoms with Crippen molar-refractivity contribution in [2.45, 2.75) is 26.0 Å². The molecular formula is C11H16FNO. The number of halogens is 1. The van der Waals surface area contributed by atoms with Gasteiger partial charge in [-0.3, -0.25) is 0 Å². The minimum Gasteiger partial charge on any atom is -0.387 e. The van der Waals surface area contributed by atoms with E-state index in [9.17, 15) is 9.50 Å². The summed E-state index contributed by atoms with van der Waals surface area (Å²) in [6.45, 7) is 3.85. The average molecular weight is 197 g/mol. The fraction of sp³-hybridized carbons (Fsp3) is 0.455. The number of aliphatic hydroxyl groups excluding tert-OH is 1. The molecule has 0 heterocycles. The molecule has 0 saturated carbocycles. The summed E-state index contributed by atoms with van der Waals surface area (Å²) in [5.74, 6) is -0.189. The quantitative estimate of drug-likeness (QED) is 0.776. The van der Waals surface area contributed by atoms with Gasteiger partial charge in [0.05, 0.1) is 6.10 Å². The molecule has 0 aliphatic heterocycles. The van der Waals surface area contributed by atoms with Gasteiger partial charge < -0.3 is 10.8 Å². The molecule has 2 atom stereocenters. The maximum Gasteiger partial charge on any atom is 0.123 e. The van der Waals surface area contributed by atoms with Gasteiger partial charge in [-0.1, -0.05) is 26.0 Å². The van der Waals surface area contributed by atoms with Crippen LogP contribution in [-0.4, -0.2) is 11.1 Å². The van der Waals surface area contributed by atoms with E-state index in [0.717, 1.165) is 0 Å². The molecular weight excluding hydrogens is 181 g/mol. The lowest BCUT2D eigenvalue weighted by molar-refractivity contribution is 0.125. The van der Waals surface area contributed by atoms with E-state index in [1.54, 1.807) is 12.1 Å². The van der Waals surface area contributed by atoms with Crippen molar-refractivity contribution < 1.29 is 9.50 Å². The van der Waals surface area contributed by atoms with Crippen molar-refractivity contribution in [2.75, 3.05) is 0 Å². The Morgan fingerprint density at radius 2 is 2.00 bits per heavy atom. The summed E-state index contributed by atoms with van der Waals surface area (Å²) in [6, 6.07) is 5.54. The van der Waals surface area contributed by atoms with E-state index in [4.69, 9.17) is 5.73 Å². The van der Waals surface area contributed by atoms with Crippen LogP contribution in [0.1, 0.15) is 25.5 Å². The van der Waals surface area contributed by atoms with Crippen molar-refractivity contribution >= 4 is 0 Å². The standard InChI is InChI=1S/C11H16FNO/c1-7(2)10(13)11(14)8-4-3-5-9(12)6-8/h3-7,10-11,14H,13H2,1-2H3. The summed E-state index contributed by atoms with van der Waals surface area (Å²) in [5.41, 5.74) is 6.30. The second kappa shape index (κ2) is 4.53. The highest BCUT2D eigenvalue weighted by Crippen LogP contribution is 2.20. The Labute approximate surface area is 83.6 Å². The van der Waals surface area contributed by atoms with Crippen LogP contribution in [0.5, 0.6) is 0 Å². The monoisotopic (exact) mass is 197 g/mol. The molecule has 0 radical (unpaired) electrons. The summed E-state index contributed by atoms with van der Waals surface area (Å²) >= 11 is 0. The van der Waals surface area contributed by atoms with Crippen molar-refractivity contribution in [3.05, 3.63) is 35.6 Å². The second-order valence-electron chi connectivity index (χ2n) is 3.82. The zero-order valence-electron chi connectivity index (χ0n) is 8.44. The van der Waals surface area contributed by atoms with Crippen LogP contribution in [-0.2, 0) is 0 Å². The fourth-order valence-corrected chi connectivity index (χ4v) is 1.28. The third-order valence-corrected chi connectivity index (χ3v) is 2.32. The normalized spacial score (nSPS) is 15.6. The van der Waals surface area contributed by atoms with Crippen LogP contribution >= 0.6 is 0 Å². The molecule has 14 heavy (non-hydrogen) atoms. The molecule has 3 N–H and O–H groups in total. The van der Waals surface area contributed by atoms with Crippen LogP contribution in [0.2, 0.25) is 0 Å². The van der Waals surface area contributed by atoms with Crippen LogP contribution in [0.15, 0.2) is 24.3 Å². The minimum atomic E-state index is -0.800. The summed E-state index contributed by atoms with van der Waals surface area (Å²) in [5, 5.41) is 9.79. The fourth-order valence-electron chi connectivity index (χ4n) is 1.28. The zero-order valence-corrected chi connectivity index (χ0v) is 8.44. The first-order valence-electron chi connectivity index (χ1n) is 4.71. The molecule has 0 aromatic heterocycles. The Morgan fingerprint density at radius 1 is 1.36 bits per heavy atom. The van der Waals surface area contributed by atoms with E-state index < -0.39 is 6.10 Å². The van der Waals surface area contributed by atoms with Gasteiger partial charge in [0.25, 0.3) is 0 Å². The highest BCUT2D eigenvalue weighted by molar-refractivity contribution is 5.20. The van der Waals surface area contributed by atoms with Gasteiger partial charge in [0, 0.05) is 6.04 Å². The van der Waals surface area contributed by atoms with Gasteiger partial charge in [0.1, 0.15) is 5.82 Å². The van der Waals surface area contributed by atoms with Gasteiger partial charge in [-0.05, 0) is 23.6 Å². The van der Waals surface area contributed by atoms with E-state index in [2.05, 4.69) is 0 Å². The van der Waals surface area contributed by atoms with E-state index in [1.165, 1.54) is 12.1 Å². The third-order valence-electron chi connectivity index (χ3n) is 2.32. The summed E-state index contributed by atoms with van der Waals surface area (Å²) in [7, 11) is 0. The molecule has 0 bridgehead atoms. The number of nitrogens with two attached hydrogens (primary N) is 1. The highest BCUT2D eigenvalue weighted by atomic mass is 19.1. The molecule has 2 nitrogen and oxygen atoms in total. The molecule has 0 amide bonds. The lowest BCUT2D eigenvalue weighted by Crippen LogP contribution is -2.33. The van der Waals surface area contributed by atoms with Crippen LogP contribution in [0.3, 0.4) is 0 Å². The van der Waals surface area contributed by atoms with E-state index >= 15 is 0 Å². The van der Waals surface area contributed by atoms with Crippen LogP contribution in [0.25, 0.3) is 0 Å². The first-order valence-corrected chi connectivity index (χ1v) is 4.71. The summed E-state index contributed by atoms with van der Waals surface area (Å²) in [6.07, 6.45) is -0.800. The zero-order chi connectivity index (χ0) is 10.7. The minimum absolute atomic E-state index is 0.160. The Hall–Kier alpha value is -0.930. The van der Waals surface area contributed by atoms with Crippen molar-refractivity contribution in [1.29, 1.82) is 0 Å². The van der Waals surface area contributed by atoms with Gasteiger partial charge in [-0.25, -0.2) is 4.39 Å². The molecule has 0 aliphatic rings. The molecule has 0 saturated heterocycles. The first kappa shape index (κ1) is 11.1. The molecule has 0 fully saturated rings. The number of rotatable bonds is 3. The SMILES string of the molecule is CC(C)C(N)C(O)c1cccc(F)c1. The molecule has 1 aromatic rings. The van der Waals surface area contributed by atoms with E-state index in [-0.39, 0.29) is 17.8 Å². The number of aliphatic hydroxyl groups is 1. The molecule has 78 valence electrons. The predicted octanol–water partition coefficient (Wildman–Crippen LogP) is 1.84. The number of hydrogen-bond donors (Lipinski definition) is 2. The van der Waals surface area contributed by atoms with Crippen LogP contribution in [0, 0.1) is 11.7 Å². The largest absolute Gasteiger partial charge is 0.387 e. The molecule has 2 unspecified atom stereocenters. The molecule has 1 aromatic carbocycles. The van der Waals surface area contributed by atoms with Crippen molar-refractivity contribution in [3.63, 3.8) is 0 Å². The lowest BCUT2D eigenvalue weighted by atomic mass is 9.94. The Bertz CT molecular complexity index is 301. The molecule has 3 heteroatoms. The van der Waals surface area contributed by atoms with Gasteiger partial charge >= 0.3 is 0 Å². The van der Waals surface area contributed by atoms with Crippen molar-refractivity contribution in [2.24, 2.45) is 11.7 Å². The van der Waals surface area contributed by atoms with Gasteiger partial charge in [-0.15, -0.1) is 0 Å². The summed E-state index contributed by atoms with van der Waals surface area (Å²) < 4.78 is 12.8. The van der Waals surface area contributed by atoms with Crippen LogP contribution < -0.4 is 5.73 Å². The smallest absolute Gasteiger partial charge is 0.123 e. The van der Waals surface area contributed by atoms with Crippen LogP contribution in [0.4, 0.5) is 4.39 Å². The van der Waals surface area contributed by atoms with E-state index in [0.29, 0.717) is 5.56 Å². The predicted molar refractivity (Wildman–Crippen MR) is 54.2 cm³/mol. The van der Waals surface area contributed by atoms with Gasteiger partial charge in [0.2, 0.25) is 0 Å². The first-order chi connectivity index (χ1) is 6.52. The van der Waals surface area contributed by atoms with Crippen molar-refractivity contribution in [3.8, 4) is 0 Å². The topological polar surface area (TPSA) is 46.2 Å². The van der Waals surface area contributed by atoms with Gasteiger partial charge in [-0.2, -0.15) is 0 Å². The Kier molecular flexibility index (Phi) is 3.61. The summed E-state index contributed by atoms with van der Waals surface area (Å²) in [4.78, 5) is 0. The van der Waals surface area contributed by atoms with Crippen molar-refractivity contribution in [1.82, 2.24) is 0 Å². The molecule has 0 spiro atoms. The van der Waals surface area contributed by atoms with E-state index in [1.807, 2.05) is 13.8 Å². The highest BCUT2D eigenvalue weighted by Gasteiger charge is 2.19. The molecule has 1 rings (SSSR count). The number of benzene rings is 1. The number of hydrogen-bond acceptors (Lipinski definition) is 2. The third kappa shape index (κ3) is 2.53. The lowest BCUT2D eigenvalue weighted by Gasteiger charge is -2.22. The average Bonchev–Trinajstić information content (AvgIpc) is 2.15. The Morgan fingerprint density at radius 3 is 2.50 bits per heavy atom. The second-order valence-corrected chi connectivity index (χ2v) is 3.82.